The molecule has 1 aliphatic heterocycles. The van der Waals surface area contributed by atoms with Crippen molar-refractivity contribution in [3.05, 3.63) is 83.4 Å². The van der Waals surface area contributed by atoms with Crippen LogP contribution in [0, 0.1) is 5.92 Å². The Morgan fingerprint density at radius 2 is 1.57 bits per heavy atom. The highest BCUT2D eigenvalue weighted by Gasteiger charge is 2.78. The highest BCUT2D eigenvalue weighted by molar-refractivity contribution is 5.83. The molecule has 1 fully saturated rings. The number of hydrogen-bond donors (Lipinski definition) is 2. The van der Waals surface area contributed by atoms with Crippen molar-refractivity contribution in [2.24, 2.45) is 5.92 Å². The van der Waals surface area contributed by atoms with Crippen LogP contribution < -0.4 is 18.9 Å². The first-order valence-electron chi connectivity index (χ1n) is 12.0. The largest absolute Gasteiger partial charge is 0.497 e. The minimum absolute atomic E-state index is 0.272. The van der Waals surface area contributed by atoms with Gasteiger partial charge in [-0.1, -0.05) is 42.5 Å². The Labute approximate surface area is 216 Å². The van der Waals surface area contributed by atoms with Gasteiger partial charge in [0.05, 0.1) is 32.8 Å². The Bertz CT molecular complexity index is 1310. The van der Waals surface area contributed by atoms with Gasteiger partial charge in [0.15, 0.2) is 11.2 Å². The maximum Gasteiger partial charge on any atom is 0.228 e. The summed E-state index contributed by atoms with van der Waals surface area (Å²) >= 11 is 0. The van der Waals surface area contributed by atoms with Gasteiger partial charge in [-0.05, 0) is 23.3 Å². The SMILES string of the molecule is COc1ccc([C@]23Oc4cc(OC)cc(OC)c4[C@@]2(O)[C@@H](O)C(C(=O)N(C)C)[C@@H]3c2ccccc2)cc1. The Kier molecular flexibility index (Phi) is 6.04. The number of hydrogen-bond acceptors (Lipinski definition) is 7. The van der Waals surface area contributed by atoms with Gasteiger partial charge in [0, 0.05) is 32.1 Å². The molecule has 0 bridgehead atoms. The number of nitrogens with zero attached hydrogens (tertiary/aromatic N) is 1. The first-order chi connectivity index (χ1) is 17.7. The topological polar surface area (TPSA) is 97.7 Å². The normalized spacial score (nSPS) is 27.6. The summed E-state index contributed by atoms with van der Waals surface area (Å²) in [4.78, 5) is 15.1. The Morgan fingerprint density at radius 3 is 2.14 bits per heavy atom. The molecule has 194 valence electrons. The van der Waals surface area contributed by atoms with Crippen LogP contribution in [0.25, 0.3) is 0 Å². The number of ether oxygens (including phenoxy) is 4. The highest BCUT2D eigenvalue weighted by atomic mass is 16.5. The van der Waals surface area contributed by atoms with Gasteiger partial charge in [-0.15, -0.1) is 0 Å². The number of aliphatic hydroxyl groups is 2. The van der Waals surface area contributed by atoms with Gasteiger partial charge in [0.25, 0.3) is 0 Å². The molecule has 1 heterocycles. The summed E-state index contributed by atoms with van der Waals surface area (Å²) in [5.41, 5.74) is -2.04. The lowest BCUT2D eigenvalue weighted by molar-refractivity contribution is -0.156. The van der Waals surface area contributed by atoms with E-state index in [1.165, 1.54) is 19.1 Å². The standard InChI is InChI=1S/C29H31NO7/c1-30(2)27(32)23-24(17-9-7-6-8-10-17)29(18-11-13-19(34-3)14-12-18)28(33,26(23)31)25-21(36-5)15-20(35-4)16-22(25)37-29/h6-16,23-24,26,31,33H,1-5H3/t23?,24-,26-,28+,29+/m0/s1. The predicted molar refractivity (Wildman–Crippen MR) is 136 cm³/mol. The number of rotatable bonds is 6. The fraction of sp³-hybridized carbons (Fsp3) is 0.345. The Morgan fingerprint density at radius 1 is 0.919 bits per heavy atom. The molecule has 0 radical (unpaired) electrons. The lowest BCUT2D eigenvalue weighted by Gasteiger charge is -2.41. The van der Waals surface area contributed by atoms with Crippen LogP contribution in [-0.2, 0) is 16.0 Å². The molecule has 3 aromatic rings. The van der Waals surface area contributed by atoms with Crippen molar-refractivity contribution < 1.29 is 34.0 Å². The average Bonchev–Trinajstić information content (AvgIpc) is 3.30. The van der Waals surface area contributed by atoms with Crippen LogP contribution in [-0.4, -0.2) is 62.5 Å². The second kappa shape index (κ2) is 8.97. The van der Waals surface area contributed by atoms with Crippen LogP contribution in [0.4, 0.5) is 0 Å². The van der Waals surface area contributed by atoms with E-state index in [0.717, 1.165) is 5.56 Å². The van der Waals surface area contributed by atoms with Gasteiger partial charge in [-0.3, -0.25) is 4.79 Å². The van der Waals surface area contributed by atoms with E-state index in [1.807, 2.05) is 30.3 Å². The van der Waals surface area contributed by atoms with Crippen molar-refractivity contribution in [1.29, 1.82) is 0 Å². The van der Waals surface area contributed by atoms with Gasteiger partial charge in [-0.2, -0.15) is 0 Å². The molecule has 1 aliphatic carbocycles. The lowest BCUT2D eigenvalue weighted by Crippen LogP contribution is -2.52. The summed E-state index contributed by atoms with van der Waals surface area (Å²) in [7, 11) is 7.84. The Hall–Kier alpha value is -3.75. The maximum atomic E-state index is 13.7. The summed E-state index contributed by atoms with van der Waals surface area (Å²) in [6.07, 6.45) is -1.53. The third-order valence-corrected chi connectivity index (χ3v) is 7.68. The molecule has 0 spiro atoms. The smallest absolute Gasteiger partial charge is 0.228 e. The average molecular weight is 506 g/mol. The molecular weight excluding hydrogens is 474 g/mol. The van der Waals surface area contributed by atoms with Gasteiger partial charge in [0.2, 0.25) is 5.91 Å². The summed E-state index contributed by atoms with van der Waals surface area (Å²) in [5, 5.41) is 24.8. The second-order valence-corrected chi connectivity index (χ2v) is 9.63. The van der Waals surface area contributed by atoms with Crippen molar-refractivity contribution in [3.63, 3.8) is 0 Å². The predicted octanol–water partition coefficient (Wildman–Crippen LogP) is 3.05. The molecular formula is C29H31NO7. The first-order valence-corrected chi connectivity index (χ1v) is 12.0. The monoisotopic (exact) mass is 505 g/mol. The summed E-state index contributed by atoms with van der Waals surface area (Å²) in [6, 6.07) is 19.8. The van der Waals surface area contributed by atoms with Crippen molar-refractivity contribution in [2.75, 3.05) is 35.4 Å². The van der Waals surface area contributed by atoms with Crippen molar-refractivity contribution >= 4 is 5.91 Å². The van der Waals surface area contributed by atoms with Crippen LogP contribution >= 0.6 is 0 Å². The van der Waals surface area contributed by atoms with E-state index in [1.54, 1.807) is 57.6 Å². The zero-order chi connectivity index (χ0) is 26.5. The van der Waals surface area contributed by atoms with Gasteiger partial charge >= 0.3 is 0 Å². The van der Waals surface area contributed by atoms with Crippen LogP contribution in [0.5, 0.6) is 23.0 Å². The third kappa shape index (κ3) is 3.32. The van der Waals surface area contributed by atoms with Gasteiger partial charge in [0.1, 0.15) is 29.1 Å². The number of fused-ring (bicyclic) bond motifs is 3. The molecule has 0 saturated heterocycles. The fourth-order valence-corrected chi connectivity index (χ4v) is 6.08. The highest BCUT2D eigenvalue weighted by Crippen LogP contribution is 2.70. The van der Waals surface area contributed by atoms with E-state index in [-0.39, 0.29) is 17.2 Å². The van der Waals surface area contributed by atoms with Crippen molar-refractivity contribution in [1.82, 2.24) is 4.90 Å². The third-order valence-electron chi connectivity index (χ3n) is 7.68. The molecule has 1 unspecified atom stereocenters. The molecule has 2 aliphatic rings. The van der Waals surface area contributed by atoms with E-state index in [9.17, 15) is 15.0 Å². The van der Waals surface area contributed by atoms with Crippen molar-refractivity contribution in [2.45, 2.75) is 23.2 Å². The van der Waals surface area contributed by atoms with Crippen molar-refractivity contribution in [3.8, 4) is 23.0 Å². The molecule has 3 aromatic carbocycles. The van der Waals surface area contributed by atoms with Crippen LogP contribution in [0.3, 0.4) is 0 Å². The summed E-state index contributed by atoms with van der Waals surface area (Å²) < 4.78 is 23.3. The number of amides is 1. The number of carbonyl (C=O) groups is 1. The van der Waals surface area contributed by atoms with E-state index in [0.29, 0.717) is 22.8 Å². The van der Waals surface area contributed by atoms with Crippen LogP contribution in [0.15, 0.2) is 66.7 Å². The molecule has 1 saturated carbocycles. The number of aliphatic hydroxyl groups excluding tert-OH is 1. The number of benzene rings is 3. The van der Waals surface area contributed by atoms with E-state index < -0.39 is 29.1 Å². The van der Waals surface area contributed by atoms with Crippen LogP contribution in [0.2, 0.25) is 0 Å². The number of carbonyl (C=O) groups excluding carboxylic acids is 1. The molecule has 5 atom stereocenters. The zero-order valence-corrected chi connectivity index (χ0v) is 21.5. The molecule has 8 nitrogen and oxygen atoms in total. The molecule has 1 amide bonds. The van der Waals surface area contributed by atoms with Gasteiger partial charge < -0.3 is 34.1 Å². The van der Waals surface area contributed by atoms with E-state index in [4.69, 9.17) is 18.9 Å². The minimum Gasteiger partial charge on any atom is -0.497 e. The Balaban J connectivity index is 1.88. The molecule has 0 aromatic heterocycles. The first kappa shape index (κ1) is 24.9. The van der Waals surface area contributed by atoms with E-state index >= 15 is 0 Å². The molecule has 5 rings (SSSR count). The lowest BCUT2D eigenvalue weighted by atomic mass is 9.70. The van der Waals surface area contributed by atoms with Gasteiger partial charge in [-0.25, -0.2) is 0 Å². The molecule has 2 N–H and O–H groups in total. The maximum absolute atomic E-state index is 13.7. The number of methoxy groups -OCH3 is 3. The zero-order valence-electron chi connectivity index (χ0n) is 21.5. The second-order valence-electron chi connectivity index (χ2n) is 9.63. The van der Waals surface area contributed by atoms with Crippen LogP contribution in [0.1, 0.15) is 22.6 Å². The quantitative estimate of drug-likeness (QED) is 0.532. The summed E-state index contributed by atoms with van der Waals surface area (Å²) in [5.74, 6) is -0.426. The molecule has 37 heavy (non-hydrogen) atoms. The minimum atomic E-state index is -2.05. The van der Waals surface area contributed by atoms with E-state index in [2.05, 4.69) is 0 Å². The fourth-order valence-electron chi connectivity index (χ4n) is 6.08. The summed E-state index contributed by atoms with van der Waals surface area (Å²) in [6.45, 7) is 0. The molecule has 8 heteroatoms.